The summed E-state index contributed by atoms with van der Waals surface area (Å²) in [6.07, 6.45) is 1.65. The number of aromatic nitrogens is 2. The van der Waals surface area contributed by atoms with Crippen molar-refractivity contribution < 1.29 is 17.4 Å². The fourth-order valence-electron chi connectivity index (χ4n) is 1.99. The van der Waals surface area contributed by atoms with Crippen LogP contribution >= 0.6 is 0 Å². The topological polar surface area (TPSA) is 98.2 Å². The van der Waals surface area contributed by atoms with Crippen molar-refractivity contribution >= 4 is 10.0 Å². The predicted octanol–water partition coefficient (Wildman–Crippen LogP) is 1.97. The van der Waals surface area contributed by atoms with E-state index in [1.54, 1.807) is 12.1 Å². The van der Waals surface area contributed by atoms with E-state index in [0.717, 1.165) is 11.8 Å². The van der Waals surface area contributed by atoms with Crippen LogP contribution in [0.3, 0.4) is 0 Å². The van der Waals surface area contributed by atoms with Crippen molar-refractivity contribution in [3.63, 3.8) is 0 Å². The number of nitrogens with one attached hydrogen (secondary N) is 1. The first kappa shape index (κ1) is 15.4. The van der Waals surface area contributed by atoms with Crippen LogP contribution in [0.4, 0.5) is 0 Å². The van der Waals surface area contributed by atoms with E-state index in [-0.39, 0.29) is 12.4 Å². The number of rotatable bonds is 6. The highest BCUT2D eigenvalue weighted by atomic mass is 32.2. The van der Waals surface area contributed by atoms with Gasteiger partial charge in [0.2, 0.25) is 10.0 Å². The van der Waals surface area contributed by atoms with Gasteiger partial charge < -0.3 is 8.94 Å². The lowest BCUT2D eigenvalue weighted by molar-refractivity contribution is 0.405. The Bertz CT molecular complexity index is 884. The Morgan fingerprint density at radius 3 is 2.65 bits per heavy atom. The molecule has 1 N–H and O–H groups in total. The fourth-order valence-corrected chi connectivity index (χ4v) is 2.40. The summed E-state index contributed by atoms with van der Waals surface area (Å²) in [5.41, 5.74) is 1.08. The molecule has 0 fully saturated rings. The summed E-state index contributed by atoms with van der Waals surface area (Å²) >= 11 is 0. The van der Waals surface area contributed by atoms with Gasteiger partial charge in [0.25, 0.3) is 5.89 Å². The average Bonchev–Trinajstić information content (AvgIpc) is 3.14. The van der Waals surface area contributed by atoms with Crippen molar-refractivity contribution in [2.75, 3.05) is 6.26 Å². The maximum Gasteiger partial charge on any atom is 0.293 e. The van der Waals surface area contributed by atoms with E-state index < -0.39 is 10.0 Å². The van der Waals surface area contributed by atoms with Crippen molar-refractivity contribution in [3.8, 4) is 11.7 Å². The third kappa shape index (κ3) is 4.27. The van der Waals surface area contributed by atoms with Crippen LogP contribution in [0.15, 0.2) is 51.4 Å². The minimum Gasteiger partial charge on any atom is -0.455 e. The van der Waals surface area contributed by atoms with E-state index in [4.69, 9.17) is 8.94 Å². The molecular formula is C15H15N3O4S. The second-order valence-corrected chi connectivity index (χ2v) is 6.87. The third-order valence-corrected chi connectivity index (χ3v) is 3.72. The van der Waals surface area contributed by atoms with Crippen LogP contribution in [0.1, 0.15) is 17.1 Å². The molecule has 0 aliphatic carbocycles. The van der Waals surface area contributed by atoms with Crippen LogP contribution in [-0.2, 0) is 23.0 Å². The molecule has 0 spiro atoms. The van der Waals surface area contributed by atoms with Crippen molar-refractivity contribution in [1.82, 2.24) is 14.9 Å². The smallest absolute Gasteiger partial charge is 0.293 e. The second kappa shape index (κ2) is 6.35. The lowest BCUT2D eigenvalue weighted by Crippen LogP contribution is -2.20. The first-order valence-electron chi connectivity index (χ1n) is 6.90. The zero-order valence-corrected chi connectivity index (χ0v) is 13.2. The van der Waals surface area contributed by atoms with Crippen LogP contribution < -0.4 is 4.72 Å². The monoisotopic (exact) mass is 333 g/mol. The van der Waals surface area contributed by atoms with Gasteiger partial charge in [-0.15, -0.1) is 0 Å². The zero-order valence-electron chi connectivity index (χ0n) is 12.4. The average molecular weight is 333 g/mol. The summed E-state index contributed by atoms with van der Waals surface area (Å²) in [4.78, 5) is 4.29. The van der Waals surface area contributed by atoms with Gasteiger partial charge in [-0.05, 0) is 17.7 Å². The van der Waals surface area contributed by atoms with Gasteiger partial charge in [0.1, 0.15) is 5.76 Å². The van der Waals surface area contributed by atoms with E-state index in [9.17, 15) is 8.42 Å². The lowest BCUT2D eigenvalue weighted by Gasteiger charge is -1.97. The van der Waals surface area contributed by atoms with Gasteiger partial charge in [0.05, 0.1) is 12.8 Å². The molecule has 2 heterocycles. The van der Waals surface area contributed by atoms with Gasteiger partial charge >= 0.3 is 0 Å². The summed E-state index contributed by atoms with van der Waals surface area (Å²) in [5.74, 6) is 1.69. The van der Waals surface area contributed by atoms with Gasteiger partial charge in [0.15, 0.2) is 11.6 Å². The molecule has 0 atom stereocenters. The minimum absolute atomic E-state index is 0.0733. The van der Waals surface area contributed by atoms with Crippen LogP contribution in [0.2, 0.25) is 0 Å². The standard InChI is InChI=1S/C15H15N3O4S/c1-23(19,20)16-10-12-7-8-13(21-12)15-17-14(18-22-15)9-11-5-3-2-4-6-11/h2-8,16H,9-10H2,1H3. The quantitative estimate of drug-likeness (QED) is 0.740. The van der Waals surface area contributed by atoms with Gasteiger partial charge in [-0.25, -0.2) is 13.1 Å². The van der Waals surface area contributed by atoms with E-state index in [2.05, 4.69) is 14.9 Å². The minimum atomic E-state index is -3.27. The summed E-state index contributed by atoms with van der Waals surface area (Å²) in [5, 5.41) is 3.92. The van der Waals surface area contributed by atoms with Crippen LogP contribution in [0, 0.1) is 0 Å². The SMILES string of the molecule is CS(=O)(=O)NCc1ccc(-c2nc(Cc3ccccc3)no2)o1. The van der Waals surface area contributed by atoms with Crippen LogP contribution in [-0.4, -0.2) is 24.8 Å². The molecule has 0 bridgehead atoms. The summed E-state index contributed by atoms with van der Waals surface area (Å²) in [6, 6.07) is 13.1. The molecule has 1 aromatic carbocycles. The first-order chi connectivity index (χ1) is 11.0. The second-order valence-electron chi connectivity index (χ2n) is 5.04. The predicted molar refractivity (Wildman–Crippen MR) is 82.9 cm³/mol. The zero-order chi connectivity index (χ0) is 16.3. The van der Waals surface area contributed by atoms with Crippen LogP contribution in [0.25, 0.3) is 11.7 Å². The molecule has 23 heavy (non-hydrogen) atoms. The maximum atomic E-state index is 11.1. The van der Waals surface area contributed by atoms with Gasteiger partial charge in [0, 0.05) is 6.42 Å². The molecular weight excluding hydrogens is 318 g/mol. The molecule has 0 unspecified atom stereocenters. The Hall–Kier alpha value is -2.45. The Labute approximate surface area is 133 Å². The van der Waals surface area contributed by atoms with Gasteiger partial charge in [-0.1, -0.05) is 35.5 Å². The number of benzene rings is 1. The molecule has 0 amide bonds. The fraction of sp³-hybridized carbons (Fsp3) is 0.200. The molecule has 7 nitrogen and oxygen atoms in total. The summed E-state index contributed by atoms with van der Waals surface area (Å²) in [6.45, 7) is 0.0733. The normalized spacial score (nSPS) is 11.7. The Morgan fingerprint density at radius 2 is 1.91 bits per heavy atom. The Kier molecular flexibility index (Phi) is 4.26. The number of nitrogens with zero attached hydrogens (tertiary/aromatic N) is 2. The van der Waals surface area contributed by atoms with Gasteiger partial charge in [-0.2, -0.15) is 4.98 Å². The van der Waals surface area contributed by atoms with E-state index in [0.29, 0.717) is 23.8 Å². The largest absolute Gasteiger partial charge is 0.455 e. The van der Waals surface area contributed by atoms with Crippen LogP contribution in [0.5, 0.6) is 0 Å². The number of hydrogen-bond donors (Lipinski definition) is 1. The molecule has 3 aromatic rings. The molecule has 0 saturated heterocycles. The van der Waals surface area contributed by atoms with Crippen molar-refractivity contribution in [2.45, 2.75) is 13.0 Å². The van der Waals surface area contributed by atoms with Crippen molar-refractivity contribution in [3.05, 3.63) is 59.6 Å². The van der Waals surface area contributed by atoms with E-state index in [1.165, 1.54) is 0 Å². The Morgan fingerprint density at radius 1 is 1.13 bits per heavy atom. The van der Waals surface area contributed by atoms with Gasteiger partial charge in [-0.3, -0.25) is 0 Å². The number of sulfonamides is 1. The molecule has 0 saturated carbocycles. The third-order valence-electron chi connectivity index (χ3n) is 3.05. The highest BCUT2D eigenvalue weighted by Gasteiger charge is 2.14. The molecule has 120 valence electrons. The van der Waals surface area contributed by atoms with E-state index >= 15 is 0 Å². The number of furan rings is 1. The molecule has 0 radical (unpaired) electrons. The Balaban J connectivity index is 1.70. The van der Waals surface area contributed by atoms with Crippen molar-refractivity contribution in [2.24, 2.45) is 0 Å². The summed E-state index contributed by atoms with van der Waals surface area (Å²) < 4.78 is 35.2. The lowest BCUT2D eigenvalue weighted by atomic mass is 10.1. The highest BCUT2D eigenvalue weighted by molar-refractivity contribution is 7.88. The highest BCUT2D eigenvalue weighted by Crippen LogP contribution is 2.21. The summed E-state index contributed by atoms with van der Waals surface area (Å²) in [7, 11) is -3.27. The van der Waals surface area contributed by atoms with E-state index in [1.807, 2.05) is 30.3 Å². The first-order valence-corrected chi connectivity index (χ1v) is 8.79. The molecule has 0 aliphatic heterocycles. The molecule has 2 aromatic heterocycles. The maximum absolute atomic E-state index is 11.1. The number of hydrogen-bond acceptors (Lipinski definition) is 6. The molecule has 8 heteroatoms. The van der Waals surface area contributed by atoms with Crippen molar-refractivity contribution in [1.29, 1.82) is 0 Å². The molecule has 0 aliphatic rings. The molecule has 3 rings (SSSR count).